The fraction of sp³-hybridized carbons (Fsp3) is 0.350. The summed E-state index contributed by atoms with van der Waals surface area (Å²) in [5, 5.41) is 6.32. The van der Waals surface area contributed by atoms with Crippen molar-refractivity contribution in [1.82, 2.24) is 10.6 Å². The number of aliphatic imine (C=N–C) groups is 1. The van der Waals surface area contributed by atoms with Gasteiger partial charge in [0, 0.05) is 20.1 Å². The van der Waals surface area contributed by atoms with Crippen molar-refractivity contribution in [3.63, 3.8) is 0 Å². The van der Waals surface area contributed by atoms with Crippen molar-refractivity contribution in [2.45, 2.75) is 26.5 Å². The Balaban J connectivity index is 1.87. The Kier molecular flexibility index (Phi) is 8.45. The second kappa shape index (κ2) is 11.1. The predicted octanol–water partition coefficient (Wildman–Crippen LogP) is 3.73. The Morgan fingerprint density at radius 3 is 2.39 bits per heavy atom. The molecule has 0 aromatic heterocycles. The molecule has 0 spiro atoms. The lowest BCUT2D eigenvalue weighted by Gasteiger charge is -2.15. The van der Waals surface area contributed by atoms with Crippen molar-refractivity contribution in [2.75, 3.05) is 20.2 Å². The van der Waals surface area contributed by atoms with Crippen LogP contribution in [-0.4, -0.2) is 32.8 Å². The third-order valence-electron chi connectivity index (χ3n) is 3.83. The Bertz CT molecular complexity index is 768. The Hall–Kier alpha value is -2.90. The summed E-state index contributed by atoms with van der Waals surface area (Å²) in [4.78, 5) is 4.14. The van der Waals surface area contributed by atoms with Crippen LogP contribution in [0.2, 0.25) is 0 Å². The van der Waals surface area contributed by atoms with E-state index in [1.165, 1.54) is 18.2 Å². The van der Waals surface area contributed by atoms with E-state index in [1.54, 1.807) is 38.2 Å². The first-order valence-electron chi connectivity index (χ1n) is 8.91. The second-order valence-corrected chi connectivity index (χ2v) is 5.82. The van der Waals surface area contributed by atoms with Crippen LogP contribution in [0.4, 0.5) is 13.2 Å². The average Bonchev–Trinajstić information content (AvgIpc) is 2.67. The molecule has 0 bridgehead atoms. The molecule has 0 aliphatic carbocycles. The number of benzene rings is 2. The molecule has 2 N–H and O–H groups in total. The molecule has 0 atom stereocenters. The molecule has 0 aliphatic heterocycles. The largest absolute Gasteiger partial charge is 0.490 e. The SMILES string of the molecule is CCOc1cc(CNC(=NC)NCCc2ccc(F)cc2)ccc1OC(F)F. The van der Waals surface area contributed by atoms with Crippen LogP contribution in [0, 0.1) is 5.82 Å². The lowest BCUT2D eigenvalue weighted by atomic mass is 10.1. The fourth-order valence-corrected chi connectivity index (χ4v) is 2.51. The van der Waals surface area contributed by atoms with Crippen molar-refractivity contribution in [2.24, 2.45) is 4.99 Å². The summed E-state index contributed by atoms with van der Waals surface area (Å²) in [6.07, 6.45) is 0.717. The van der Waals surface area contributed by atoms with E-state index in [0.717, 1.165) is 17.5 Å². The number of halogens is 3. The first-order valence-corrected chi connectivity index (χ1v) is 8.91. The molecule has 5 nitrogen and oxygen atoms in total. The molecule has 0 heterocycles. The summed E-state index contributed by atoms with van der Waals surface area (Å²) in [6, 6.07) is 11.1. The molecule has 0 saturated heterocycles. The summed E-state index contributed by atoms with van der Waals surface area (Å²) in [6.45, 7) is 0.238. The summed E-state index contributed by atoms with van der Waals surface area (Å²) in [7, 11) is 1.65. The van der Waals surface area contributed by atoms with Gasteiger partial charge in [-0.05, 0) is 48.7 Å². The fourth-order valence-electron chi connectivity index (χ4n) is 2.51. The van der Waals surface area contributed by atoms with E-state index < -0.39 is 6.61 Å². The van der Waals surface area contributed by atoms with Crippen molar-refractivity contribution in [3.05, 3.63) is 59.4 Å². The minimum Gasteiger partial charge on any atom is -0.490 e. The molecule has 0 unspecified atom stereocenters. The van der Waals surface area contributed by atoms with E-state index in [2.05, 4.69) is 20.4 Å². The Morgan fingerprint density at radius 1 is 1.04 bits per heavy atom. The highest BCUT2D eigenvalue weighted by molar-refractivity contribution is 5.79. The summed E-state index contributed by atoms with van der Waals surface area (Å²) < 4.78 is 47.7. The zero-order valence-electron chi connectivity index (χ0n) is 15.8. The minimum absolute atomic E-state index is 0.00223. The second-order valence-electron chi connectivity index (χ2n) is 5.82. The van der Waals surface area contributed by atoms with Gasteiger partial charge in [0.15, 0.2) is 17.5 Å². The van der Waals surface area contributed by atoms with Crippen LogP contribution in [-0.2, 0) is 13.0 Å². The van der Waals surface area contributed by atoms with Gasteiger partial charge < -0.3 is 20.1 Å². The van der Waals surface area contributed by atoms with E-state index in [0.29, 0.717) is 25.7 Å². The summed E-state index contributed by atoms with van der Waals surface area (Å²) in [5.74, 6) is 0.599. The molecule has 0 radical (unpaired) electrons. The molecular weight excluding hydrogens is 371 g/mol. The predicted molar refractivity (Wildman–Crippen MR) is 103 cm³/mol. The number of ether oxygens (including phenoxy) is 2. The maximum atomic E-state index is 12.9. The number of guanidine groups is 1. The van der Waals surface area contributed by atoms with Gasteiger partial charge in [-0.15, -0.1) is 0 Å². The first-order chi connectivity index (χ1) is 13.5. The van der Waals surface area contributed by atoms with Crippen LogP contribution >= 0.6 is 0 Å². The molecule has 2 rings (SSSR count). The standard InChI is InChI=1S/C20H24F3N3O2/c1-3-27-18-12-15(6-9-17(18)28-19(22)23)13-26-20(24-2)25-11-10-14-4-7-16(21)8-5-14/h4-9,12,19H,3,10-11,13H2,1-2H3,(H2,24,25,26). The molecule has 2 aromatic rings. The van der Waals surface area contributed by atoms with Gasteiger partial charge in [0.1, 0.15) is 5.82 Å². The van der Waals surface area contributed by atoms with E-state index in [4.69, 9.17) is 4.74 Å². The Morgan fingerprint density at radius 2 is 1.75 bits per heavy atom. The van der Waals surface area contributed by atoms with E-state index >= 15 is 0 Å². The van der Waals surface area contributed by atoms with E-state index in [-0.39, 0.29) is 17.3 Å². The summed E-state index contributed by atoms with van der Waals surface area (Å²) >= 11 is 0. The average molecular weight is 395 g/mol. The van der Waals surface area contributed by atoms with Crippen LogP contribution in [0.3, 0.4) is 0 Å². The van der Waals surface area contributed by atoms with Crippen molar-refractivity contribution >= 4 is 5.96 Å². The number of alkyl halides is 2. The van der Waals surface area contributed by atoms with Crippen LogP contribution in [0.1, 0.15) is 18.1 Å². The zero-order valence-corrected chi connectivity index (χ0v) is 15.8. The van der Waals surface area contributed by atoms with Crippen LogP contribution in [0.25, 0.3) is 0 Å². The topological polar surface area (TPSA) is 54.9 Å². The van der Waals surface area contributed by atoms with Gasteiger partial charge in [0.2, 0.25) is 0 Å². The van der Waals surface area contributed by atoms with Gasteiger partial charge in [0.05, 0.1) is 6.61 Å². The maximum absolute atomic E-state index is 12.9. The highest BCUT2D eigenvalue weighted by Gasteiger charge is 2.11. The molecule has 0 aliphatic rings. The zero-order chi connectivity index (χ0) is 20.4. The van der Waals surface area contributed by atoms with Gasteiger partial charge in [-0.3, -0.25) is 4.99 Å². The first kappa shape index (κ1) is 21.4. The summed E-state index contributed by atoms with van der Waals surface area (Å²) in [5.41, 5.74) is 1.84. The lowest BCUT2D eigenvalue weighted by Crippen LogP contribution is -2.37. The molecule has 0 amide bonds. The quantitative estimate of drug-likeness (QED) is 0.502. The minimum atomic E-state index is -2.91. The maximum Gasteiger partial charge on any atom is 0.387 e. The van der Waals surface area contributed by atoms with Gasteiger partial charge in [-0.1, -0.05) is 18.2 Å². The van der Waals surface area contributed by atoms with Crippen LogP contribution in [0.15, 0.2) is 47.5 Å². The van der Waals surface area contributed by atoms with Crippen LogP contribution in [0.5, 0.6) is 11.5 Å². The van der Waals surface area contributed by atoms with Crippen molar-refractivity contribution in [1.29, 1.82) is 0 Å². The highest BCUT2D eigenvalue weighted by Crippen LogP contribution is 2.29. The number of nitrogens with one attached hydrogen (secondary N) is 2. The van der Waals surface area contributed by atoms with Crippen molar-refractivity contribution in [3.8, 4) is 11.5 Å². The third kappa shape index (κ3) is 7.02. The molecule has 152 valence electrons. The molecular formula is C20H24F3N3O2. The van der Waals surface area contributed by atoms with E-state index in [9.17, 15) is 13.2 Å². The molecule has 28 heavy (non-hydrogen) atoms. The molecule has 0 saturated carbocycles. The number of rotatable bonds is 9. The van der Waals surface area contributed by atoms with E-state index in [1.807, 2.05) is 0 Å². The highest BCUT2D eigenvalue weighted by atomic mass is 19.3. The van der Waals surface area contributed by atoms with Gasteiger partial charge in [0.25, 0.3) is 0 Å². The number of hydrogen-bond donors (Lipinski definition) is 2. The van der Waals surface area contributed by atoms with Gasteiger partial charge in [-0.25, -0.2) is 4.39 Å². The van der Waals surface area contributed by atoms with Crippen LogP contribution < -0.4 is 20.1 Å². The lowest BCUT2D eigenvalue weighted by molar-refractivity contribution is -0.0514. The molecule has 0 fully saturated rings. The molecule has 8 heteroatoms. The smallest absolute Gasteiger partial charge is 0.387 e. The molecule has 2 aromatic carbocycles. The Labute approximate surface area is 162 Å². The normalized spacial score (nSPS) is 11.4. The van der Waals surface area contributed by atoms with Crippen molar-refractivity contribution < 1.29 is 22.6 Å². The number of nitrogens with zero attached hydrogens (tertiary/aromatic N) is 1. The third-order valence-corrected chi connectivity index (χ3v) is 3.83. The van der Waals surface area contributed by atoms with Gasteiger partial charge >= 0.3 is 6.61 Å². The van der Waals surface area contributed by atoms with Gasteiger partial charge in [-0.2, -0.15) is 8.78 Å². The number of hydrogen-bond acceptors (Lipinski definition) is 3. The monoisotopic (exact) mass is 395 g/mol.